The number of rotatable bonds is 8. The number of anilines is 1. The van der Waals surface area contributed by atoms with Crippen molar-refractivity contribution in [1.82, 2.24) is 14.3 Å². The molecule has 7 nitrogen and oxygen atoms in total. The van der Waals surface area contributed by atoms with Gasteiger partial charge in [-0.15, -0.1) is 0 Å². The third-order valence-electron chi connectivity index (χ3n) is 5.27. The fourth-order valence-electron chi connectivity index (χ4n) is 3.55. The summed E-state index contributed by atoms with van der Waals surface area (Å²) in [6.45, 7) is 6.46. The second kappa shape index (κ2) is 9.85. The average Bonchev–Trinajstić information content (AvgIpc) is 3.15. The fraction of sp³-hybridized carbons (Fsp3) is 0.400. The summed E-state index contributed by atoms with van der Waals surface area (Å²) in [5.41, 5.74) is 3.13. The van der Waals surface area contributed by atoms with Gasteiger partial charge in [0.15, 0.2) is 11.4 Å². The number of pyridine rings is 1. The number of carbonyl (C=O) groups is 2. The Morgan fingerprint density at radius 3 is 2.38 bits per heavy atom. The van der Waals surface area contributed by atoms with E-state index in [1.165, 1.54) is 0 Å². The monoisotopic (exact) mass is 436 g/mol. The standard InChI is InChI=1S/C25H32N4O3/c1-7-20-24(28(6)22(30)15-17(2)3)29-14-8-9-21(23(29)26-20)32-16-18-10-12-19(13-11-18)25(31)27(4)5/h8-14,17H,7,15-16H2,1-6H3. The van der Waals surface area contributed by atoms with Crippen LogP contribution in [0.3, 0.4) is 0 Å². The lowest BCUT2D eigenvalue weighted by Crippen LogP contribution is -2.29. The zero-order chi connectivity index (χ0) is 23.4. The van der Waals surface area contributed by atoms with Crippen LogP contribution in [0.4, 0.5) is 5.82 Å². The molecule has 2 amide bonds. The Balaban J connectivity index is 1.85. The predicted molar refractivity (Wildman–Crippen MR) is 126 cm³/mol. The Morgan fingerprint density at radius 1 is 1.09 bits per heavy atom. The smallest absolute Gasteiger partial charge is 0.253 e. The topological polar surface area (TPSA) is 67.2 Å². The molecule has 0 spiro atoms. The van der Waals surface area contributed by atoms with Gasteiger partial charge in [-0.05, 0) is 42.2 Å². The molecule has 32 heavy (non-hydrogen) atoms. The van der Waals surface area contributed by atoms with Crippen molar-refractivity contribution in [2.75, 3.05) is 26.0 Å². The molecule has 0 bridgehead atoms. The molecule has 3 aromatic rings. The van der Waals surface area contributed by atoms with E-state index in [2.05, 4.69) is 0 Å². The van der Waals surface area contributed by atoms with Crippen LogP contribution in [0.1, 0.15) is 48.8 Å². The molecule has 0 saturated heterocycles. The highest BCUT2D eigenvalue weighted by molar-refractivity contribution is 5.94. The summed E-state index contributed by atoms with van der Waals surface area (Å²) in [6.07, 6.45) is 3.09. The molecule has 0 saturated carbocycles. The maximum absolute atomic E-state index is 12.7. The van der Waals surface area contributed by atoms with Crippen LogP contribution in [-0.2, 0) is 17.8 Å². The van der Waals surface area contributed by atoms with E-state index in [0.717, 1.165) is 17.1 Å². The largest absolute Gasteiger partial charge is 0.485 e. The van der Waals surface area contributed by atoms with Gasteiger partial charge in [-0.3, -0.25) is 18.9 Å². The average molecular weight is 437 g/mol. The summed E-state index contributed by atoms with van der Waals surface area (Å²) in [5.74, 6) is 1.75. The highest BCUT2D eigenvalue weighted by atomic mass is 16.5. The van der Waals surface area contributed by atoms with Crippen molar-refractivity contribution in [2.45, 2.75) is 40.2 Å². The summed E-state index contributed by atoms with van der Waals surface area (Å²) in [6, 6.07) is 11.2. The van der Waals surface area contributed by atoms with Crippen LogP contribution in [0.2, 0.25) is 0 Å². The Hall–Kier alpha value is -3.35. The molecule has 3 rings (SSSR count). The van der Waals surface area contributed by atoms with E-state index in [1.807, 2.05) is 55.6 Å². The molecule has 2 heterocycles. The summed E-state index contributed by atoms with van der Waals surface area (Å²) in [7, 11) is 5.27. The van der Waals surface area contributed by atoms with Crippen LogP contribution in [-0.4, -0.2) is 47.2 Å². The van der Waals surface area contributed by atoms with Gasteiger partial charge in [-0.1, -0.05) is 32.9 Å². The molecular weight excluding hydrogens is 404 g/mol. The van der Waals surface area contributed by atoms with Crippen LogP contribution in [0.5, 0.6) is 5.75 Å². The number of aromatic nitrogens is 2. The van der Waals surface area contributed by atoms with E-state index in [0.29, 0.717) is 36.4 Å². The molecule has 1 aromatic carbocycles. The number of imidazole rings is 1. The first-order chi connectivity index (χ1) is 15.2. The quantitative estimate of drug-likeness (QED) is 0.531. The number of aryl methyl sites for hydroxylation is 1. The number of fused-ring (bicyclic) bond motifs is 1. The first-order valence-corrected chi connectivity index (χ1v) is 10.9. The number of carbonyl (C=O) groups excluding carboxylic acids is 2. The third kappa shape index (κ3) is 4.93. The number of benzene rings is 1. The van der Waals surface area contributed by atoms with Gasteiger partial charge in [-0.25, -0.2) is 4.98 Å². The van der Waals surface area contributed by atoms with Crippen molar-refractivity contribution in [3.63, 3.8) is 0 Å². The van der Waals surface area contributed by atoms with Crippen molar-refractivity contribution >= 4 is 23.3 Å². The number of hydrogen-bond acceptors (Lipinski definition) is 4. The van der Waals surface area contributed by atoms with Gasteiger partial charge in [0.25, 0.3) is 5.91 Å². The van der Waals surface area contributed by atoms with Gasteiger partial charge in [0.2, 0.25) is 5.91 Å². The molecule has 0 atom stereocenters. The van der Waals surface area contributed by atoms with Crippen LogP contribution >= 0.6 is 0 Å². The van der Waals surface area contributed by atoms with E-state index in [4.69, 9.17) is 9.72 Å². The van der Waals surface area contributed by atoms with Crippen LogP contribution in [0.15, 0.2) is 42.6 Å². The van der Waals surface area contributed by atoms with E-state index in [9.17, 15) is 9.59 Å². The molecule has 170 valence electrons. The summed E-state index contributed by atoms with van der Waals surface area (Å²) in [4.78, 5) is 32.8. The SMILES string of the molecule is CCc1nc2c(OCc3ccc(C(=O)N(C)C)cc3)cccn2c1N(C)C(=O)CC(C)C. The lowest BCUT2D eigenvalue weighted by molar-refractivity contribution is -0.119. The molecule has 2 aromatic heterocycles. The van der Waals surface area contributed by atoms with E-state index in [1.54, 1.807) is 43.1 Å². The van der Waals surface area contributed by atoms with E-state index >= 15 is 0 Å². The summed E-state index contributed by atoms with van der Waals surface area (Å²) < 4.78 is 8.01. The van der Waals surface area contributed by atoms with E-state index < -0.39 is 0 Å². The van der Waals surface area contributed by atoms with Crippen molar-refractivity contribution < 1.29 is 14.3 Å². The minimum absolute atomic E-state index is 0.0321. The minimum Gasteiger partial charge on any atom is -0.485 e. The van der Waals surface area contributed by atoms with Gasteiger partial charge >= 0.3 is 0 Å². The Morgan fingerprint density at radius 2 is 1.78 bits per heavy atom. The maximum Gasteiger partial charge on any atom is 0.253 e. The second-order valence-electron chi connectivity index (χ2n) is 8.54. The number of ether oxygens (including phenoxy) is 1. The number of hydrogen-bond donors (Lipinski definition) is 0. The third-order valence-corrected chi connectivity index (χ3v) is 5.27. The van der Waals surface area contributed by atoms with Gasteiger partial charge in [-0.2, -0.15) is 0 Å². The molecule has 0 fully saturated rings. The number of nitrogens with zero attached hydrogens (tertiary/aromatic N) is 4. The van der Waals surface area contributed by atoms with Crippen molar-refractivity contribution in [1.29, 1.82) is 0 Å². The minimum atomic E-state index is -0.0321. The highest BCUT2D eigenvalue weighted by Crippen LogP contribution is 2.29. The molecule has 0 N–H and O–H groups in total. The Bertz CT molecular complexity index is 1100. The van der Waals surface area contributed by atoms with Crippen LogP contribution < -0.4 is 9.64 Å². The lowest BCUT2D eigenvalue weighted by atomic mass is 10.1. The zero-order valence-electron chi connectivity index (χ0n) is 19.8. The molecular formula is C25H32N4O3. The van der Waals surface area contributed by atoms with Crippen LogP contribution in [0.25, 0.3) is 5.65 Å². The van der Waals surface area contributed by atoms with Gasteiger partial charge in [0.05, 0.1) is 5.69 Å². The lowest BCUT2D eigenvalue weighted by Gasteiger charge is -2.19. The van der Waals surface area contributed by atoms with E-state index in [-0.39, 0.29) is 17.7 Å². The molecule has 0 radical (unpaired) electrons. The zero-order valence-corrected chi connectivity index (χ0v) is 19.8. The summed E-state index contributed by atoms with van der Waals surface area (Å²) >= 11 is 0. The Kier molecular flexibility index (Phi) is 7.18. The first-order valence-electron chi connectivity index (χ1n) is 10.9. The normalized spacial score (nSPS) is 11.1. The first kappa shape index (κ1) is 23.3. The summed E-state index contributed by atoms with van der Waals surface area (Å²) in [5, 5.41) is 0. The highest BCUT2D eigenvalue weighted by Gasteiger charge is 2.22. The predicted octanol–water partition coefficient (Wildman–Crippen LogP) is 4.19. The van der Waals surface area contributed by atoms with Crippen LogP contribution in [0, 0.1) is 5.92 Å². The molecule has 0 aliphatic carbocycles. The van der Waals surface area contributed by atoms with Crippen molar-refractivity contribution in [3.8, 4) is 5.75 Å². The van der Waals surface area contributed by atoms with Gasteiger partial charge < -0.3 is 9.64 Å². The maximum atomic E-state index is 12.7. The van der Waals surface area contributed by atoms with Crippen molar-refractivity contribution in [2.24, 2.45) is 5.92 Å². The molecule has 0 unspecified atom stereocenters. The molecule has 0 aliphatic rings. The molecule has 0 aliphatic heterocycles. The van der Waals surface area contributed by atoms with Crippen molar-refractivity contribution in [3.05, 3.63) is 59.4 Å². The molecule has 7 heteroatoms. The Labute approximate surface area is 189 Å². The van der Waals surface area contributed by atoms with Gasteiger partial charge in [0.1, 0.15) is 12.4 Å². The number of amides is 2. The fourth-order valence-corrected chi connectivity index (χ4v) is 3.55. The van der Waals surface area contributed by atoms with Gasteiger partial charge in [0, 0.05) is 39.3 Å². The second-order valence-corrected chi connectivity index (χ2v) is 8.54.